The topological polar surface area (TPSA) is 96.9 Å². The zero-order valence-corrected chi connectivity index (χ0v) is 20.0. The largest absolute Gasteiger partial charge is 0.418 e. The van der Waals surface area contributed by atoms with E-state index in [9.17, 15) is 27.2 Å². The number of nitrogens with zero attached hydrogens (tertiary/aromatic N) is 3. The van der Waals surface area contributed by atoms with Crippen molar-refractivity contribution in [3.8, 4) is 0 Å². The summed E-state index contributed by atoms with van der Waals surface area (Å²) in [6.45, 7) is 2.11. The van der Waals surface area contributed by atoms with Gasteiger partial charge in [0.1, 0.15) is 11.6 Å². The Bertz CT molecular complexity index is 1270. The quantitative estimate of drug-likeness (QED) is 0.277. The first-order valence-electron chi connectivity index (χ1n) is 11.8. The van der Waals surface area contributed by atoms with Crippen LogP contribution in [0.3, 0.4) is 0 Å². The van der Waals surface area contributed by atoms with E-state index in [1.165, 1.54) is 24.7 Å². The van der Waals surface area contributed by atoms with Crippen LogP contribution in [0.5, 0.6) is 0 Å². The molecule has 0 radical (unpaired) electrons. The summed E-state index contributed by atoms with van der Waals surface area (Å²) in [5.74, 6) is -0.765. The highest BCUT2D eigenvalue weighted by Gasteiger charge is 2.51. The lowest BCUT2D eigenvalue weighted by Crippen LogP contribution is -2.33. The predicted molar refractivity (Wildman–Crippen MR) is 127 cm³/mol. The van der Waals surface area contributed by atoms with Gasteiger partial charge in [-0.05, 0) is 49.6 Å². The van der Waals surface area contributed by atoms with Crippen LogP contribution in [0.25, 0.3) is 0 Å². The number of carbonyl (C=O) groups is 2. The third-order valence-corrected chi connectivity index (χ3v) is 6.16. The molecule has 2 aromatic heterocycles. The van der Waals surface area contributed by atoms with E-state index in [4.69, 9.17) is 0 Å². The van der Waals surface area contributed by atoms with Crippen LogP contribution in [-0.2, 0) is 23.9 Å². The maximum Gasteiger partial charge on any atom is 0.418 e. The summed E-state index contributed by atoms with van der Waals surface area (Å²) in [6, 6.07) is 5.43. The molecule has 2 N–H and O–H groups in total. The second-order valence-corrected chi connectivity index (χ2v) is 9.05. The number of hydrogen-bond acceptors (Lipinski definition) is 6. The van der Waals surface area contributed by atoms with E-state index in [1.807, 2.05) is 6.92 Å². The van der Waals surface area contributed by atoms with Crippen molar-refractivity contribution < 1.29 is 27.2 Å². The summed E-state index contributed by atoms with van der Waals surface area (Å²) >= 11 is 0. The molecule has 7 nitrogen and oxygen atoms in total. The Morgan fingerprint density at radius 2 is 1.76 bits per heavy atom. The van der Waals surface area contributed by atoms with Gasteiger partial charge in [0, 0.05) is 25.2 Å². The average molecular weight is 516 g/mol. The second kappa shape index (κ2) is 10.6. The number of aryl methyl sites for hydroxylation is 1. The van der Waals surface area contributed by atoms with Crippen LogP contribution in [0.15, 0.2) is 48.9 Å². The molecular weight excluding hydrogens is 490 g/mol. The number of anilines is 2. The molecule has 0 atom stereocenters. The highest BCUT2D eigenvalue weighted by atomic mass is 19.4. The summed E-state index contributed by atoms with van der Waals surface area (Å²) in [6.07, 6.45) is 2.46. The van der Waals surface area contributed by atoms with E-state index in [1.54, 1.807) is 6.07 Å². The third kappa shape index (κ3) is 6.46. The monoisotopic (exact) mass is 515 g/mol. The van der Waals surface area contributed by atoms with Gasteiger partial charge in [-0.25, -0.2) is 14.4 Å². The van der Waals surface area contributed by atoms with Gasteiger partial charge in [0.15, 0.2) is 5.78 Å². The fourth-order valence-corrected chi connectivity index (χ4v) is 3.87. The minimum atomic E-state index is -4.73. The van der Waals surface area contributed by atoms with Gasteiger partial charge in [-0.3, -0.25) is 14.6 Å². The molecule has 0 bridgehead atoms. The number of benzene rings is 1. The Balaban J connectivity index is 1.33. The van der Waals surface area contributed by atoms with Crippen molar-refractivity contribution in [1.82, 2.24) is 20.3 Å². The number of pyridine rings is 1. The van der Waals surface area contributed by atoms with Crippen molar-refractivity contribution in [2.24, 2.45) is 5.41 Å². The highest BCUT2D eigenvalue weighted by molar-refractivity contribution is 6.00. The van der Waals surface area contributed by atoms with Crippen molar-refractivity contribution in [1.29, 1.82) is 0 Å². The number of halogens is 4. The van der Waals surface area contributed by atoms with Crippen molar-refractivity contribution in [3.05, 3.63) is 77.4 Å². The van der Waals surface area contributed by atoms with Crippen LogP contribution < -0.4 is 10.6 Å². The fraction of sp³-hybridized carbons (Fsp3) is 0.346. The molecule has 2 heterocycles. The van der Waals surface area contributed by atoms with Crippen LogP contribution in [0, 0.1) is 11.2 Å². The maximum absolute atomic E-state index is 13.3. The molecule has 1 fully saturated rings. The number of ketones is 1. The molecule has 1 aliphatic rings. The van der Waals surface area contributed by atoms with Gasteiger partial charge in [-0.15, -0.1) is 0 Å². The Morgan fingerprint density at radius 1 is 1.03 bits per heavy atom. The smallest absolute Gasteiger partial charge is 0.354 e. The minimum absolute atomic E-state index is 0.0603. The number of nitrogens with one attached hydrogen (secondary N) is 2. The van der Waals surface area contributed by atoms with Gasteiger partial charge >= 0.3 is 6.18 Å². The van der Waals surface area contributed by atoms with E-state index in [2.05, 4.69) is 25.6 Å². The van der Waals surface area contributed by atoms with Crippen molar-refractivity contribution in [2.75, 3.05) is 5.32 Å². The fourth-order valence-electron chi connectivity index (χ4n) is 3.87. The number of aromatic nitrogens is 3. The number of alkyl halides is 3. The lowest BCUT2D eigenvalue weighted by atomic mass is 9.95. The molecule has 194 valence electrons. The van der Waals surface area contributed by atoms with Crippen LogP contribution in [-0.4, -0.2) is 26.6 Å². The molecule has 4 rings (SSSR count). The Hall–Kier alpha value is -3.89. The molecule has 11 heteroatoms. The molecule has 0 spiro atoms. The predicted octanol–water partition coefficient (Wildman–Crippen LogP) is 5.40. The van der Waals surface area contributed by atoms with Crippen LogP contribution in [0.4, 0.5) is 28.9 Å². The van der Waals surface area contributed by atoms with Crippen molar-refractivity contribution in [3.63, 3.8) is 0 Å². The molecule has 37 heavy (non-hydrogen) atoms. The maximum atomic E-state index is 13.3. The SMILES string of the molecule is CCCc1ncc(C(=O)CC2(C(=O)NCc3ccc(Nc4ccc(F)cc4C(F)(F)F)cn3)CC2)cn1. The number of Topliss-reactive ketones (excluding diaryl/α,β-unsaturated/α-hetero) is 1. The van der Waals surface area contributed by atoms with Gasteiger partial charge in [0.2, 0.25) is 5.91 Å². The summed E-state index contributed by atoms with van der Waals surface area (Å²) in [5.41, 5.74) is -1.07. The zero-order valence-electron chi connectivity index (χ0n) is 20.0. The van der Waals surface area contributed by atoms with Crippen molar-refractivity contribution >= 4 is 23.1 Å². The summed E-state index contributed by atoms with van der Waals surface area (Å²) < 4.78 is 52.9. The molecule has 0 saturated heterocycles. The van der Waals surface area contributed by atoms with E-state index in [0.29, 0.717) is 36.0 Å². The standard InChI is InChI=1S/C26H25F4N5O2/c1-2-3-23-32-12-16(13-33-23)22(36)11-25(8-9-25)24(37)34-14-18-5-6-19(15-31-18)35-21-7-4-17(27)10-20(21)26(28,29)30/h4-7,10,12-13,15,35H,2-3,8-9,11,14H2,1H3,(H,34,37). The molecule has 1 saturated carbocycles. The van der Waals surface area contributed by atoms with Crippen LogP contribution in [0.1, 0.15) is 60.0 Å². The molecule has 0 unspecified atom stereocenters. The van der Waals surface area contributed by atoms with Gasteiger partial charge in [-0.2, -0.15) is 13.2 Å². The first kappa shape index (κ1) is 26.2. The van der Waals surface area contributed by atoms with Gasteiger partial charge in [0.25, 0.3) is 0 Å². The number of hydrogen-bond donors (Lipinski definition) is 2. The van der Waals surface area contributed by atoms with Crippen LogP contribution in [0.2, 0.25) is 0 Å². The Labute approximate surface area is 210 Å². The zero-order chi connectivity index (χ0) is 26.6. The summed E-state index contributed by atoms with van der Waals surface area (Å²) in [4.78, 5) is 38.0. The normalized spacial score (nSPS) is 14.2. The third-order valence-electron chi connectivity index (χ3n) is 6.16. The molecule has 0 aliphatic heterocycles. The Kier molecular flexibility index (Phi) is 7.51. The number of carbonyl (C=O) groups excluding carboxylic acids is 2. The average Bonchev–Trinajstić information content (AvgIpc) is 3.65. The molecule has 1 aliphatic carbocycles. The minimum Gasteiger partial charge on any atom is -0.354 e. The van der Waals surface area contributed by atoms with Crippen molar-refractivity contribution in [2.45, 2.75) is 51.7 Å². The molecule has 3 aromatic rings. The van der Waals surface area contributed by atoms with Crippen LogP contribution >= 0.6 is 0 Å². The lowest BCUT2D eigenvalue weighted by Gasteiger charge is -2.16. The first-order chi connectivity index (χ1) is 17.6. The first-order valence-corrected chi connectivity index (χ1v) is 11.8. The lowest BCUT2D eigenvalue weighted by molar-refractivity contribution is -0.137. The molecule has 1 aromatic carbocycles. The van der Waals surface area contributed by atoms with E-state index < -0.39 is 23.0 Å². The highest BCUT2D eigenvalue weighted by Crippen LogP contribution is 2.49. The molecular formula is C26H25F4N5O2. The summed E-state index contributed by atoms with van der Waals surface area (Å²) in [5, 5.41) is 5.39. The van der Waals surface area contributed by atoms with E-state index in [0.717, 1.165) is 25.0 Å². The van der Waals surface area contributed by atoms with Gasteiger partial charge in [-0.1, -0.05) is 6.92 Å². The molecule has 1 amide bonds. The number of rotatable bonds is 10. The second-order valence-electron chi connectivity index (χ2n) is 9.05. The summed E-state index contributed by atoms with van der Waals surface area (Å²) in [7, 11) is 0. The van der Waals surface area contributed by atoms with E-state index in [-0.39, 0.29) is 36.0 Å². The van der Waals surface area contributed by atoms with Gasteiger partial charge < -0.3 is 10.6 Å². The Morgan fingerprint density at radius 3 is 2.35 bits per heavy atom. The van der Waals surface area contributed by atoms with E-state index >= 15 is 0 Å². The van der Waals surface area contributed by atoms with Gasteiger partial charge in [0.05, 0.1) is 46.4 Å². The number of amides is 1.